The third kappa shape index (κ3) is 6.12. The number of halogens is 3. The monoisotopic (exact) mass is 400 g/mol. The van der Waals surface area contributed by atoms with Crippen molar-refractivity contribution in [2.45, 2.75) is 19.1 Å². The molecule has 8 heteroatoms. The van der Waals surface area contributed by atoms with Gasteiger partial charge in [-0.15, -0.1) is 0 Å². The van der Waals surface area contributed by atoms with Gasteiger partial charge in [0.1, 0.15) is 6.61 Å². The number of nitrogens with one attached hydrogen (secondary N) is 1. The zero-order chi connectivity index (χ0) is 18.4. The van der Waals surface area contributed by atoms with Crippen LogP contribution < -0.4 is 11.1 Å². The van der Waals surface area contributed by atoms with Gasteiger partial charge in [-0.2, -0.15) is 0 Å². The summed E-state index contributed by atoms with van der Waals surface area (Å²) in [6, 6.07) is 10.3. The molecule has 2 amide bonds. The standard InChI is InChI=1S/C17H15Cl3N2O3/c18-12-4-1-10(2-5-12)15(22-17(21)24)8-16(23)25-9-11-3-6-13(19)7-14(11)20/h1-7,15H,8-9H2,(H3,21,22,24). The molecule has 0 bridgehead atoms. The smallest absolute Gasteiger partial charge is 0.312 e. The first kappa shape index (κ1) is 19.4. The molecule has 1 atom stereocenters. The van der Waals surface area contributed by atoms with Crippen LogP contribution in [0.4, 0.5) is 4.79 Å². The highest BCUT2D eigenvalue weighted by Gasteiger charge is 2.19. The lowest BCUT2D eigenvalue weighted by atomic mass is 10.0. The molecule has 0 radical (unpaired) electrons. The van der Waals surface area contributed by atoms with Crippen molar-refractivity contribution in [1.29, 1.82) is 0 Å². The Morgan fingerprint density at radius 1 is 1.04 bits per heavy atom. The highest BCUT2D eigenvalue weighted by Crippen LogP contribution is 2.23. The Morgan fingerprint density at radius 3 is 2.28 bits per heavy atom. The van der Waals surface area contributed by atoms with Crippen LogP contribution in [-0.4, -0.2) is 12.0 Å². The lowest BCUT2D eigenvalue weighted by molar-refractivity contribution is -0.145. The SMILES string of the molecule is NC(=O)NC(CC(=O)OCc1ccc(Cl)cc1Cl)c1ccc(Cl)cc1. The van der Waals surface area contributed by atoms with Gasteiger partial charge in [0.2, 0.25) is 0 Å². The minimum absolute atomic E-state index is 0.00125. The summed E-state index contributed by atoms with van der Waals surface area (Å²) >= 11 is 17.7. The van der Waals surface area contributed by atoms with Gasteiger partial charge in [0.15, 0.2) is 0 Å². The van der Waals surface area contributed by atoms with E-state index in [-0.39, 0.29) is 13.0 Å². The number of carbonyl (C=O) groups is 2. The number of primary amides is 1. The Hall–Kier alpha value is -1.95. The third-order valence-corrected chi connectivity index (χ3v) is 4.20. The molecule has 0 aliphatic heterocycles. The Morgan fingerprint density at radius 2 is 1.68 bits per heavy atom. The Labute approximate surface area is 160 Å². The largest absolute Gasteiger partial charge is 0.461 e. The van der Waals surface area contributed by atoms with Crippen molar-refractivity contribution < 1.29 is 14.3 Å². The zero-order valence-corrected chi connectivity index (χ0v) is 15.2. The number of nitrogens with two attached hydrogens (primary N) is 1. The first-order valence-electron chi connectivity index (χ1n) is 7.26. The number of esters is 1. The summed E-state index contributed by atoms with van der Waals surface area (Å²) in [4.78, 5) is 23.3. The fraction of sp³-hybridized carbons (Fsp3) is 0.176. The molecule has 0 aromatic heterocycles. The second kappa shape index (κ2) is 8.94. The van der Waals surface area contributed by atoms with E-state index in [4.69, 9.17) is 45.3 Å². The molecule has 3 N–H and O–H groups in total. The molecule has 0 aliphatic carbocycles. The van der Waals surface area contributed by atoms with E-state index < -0.39 is 18.0 Å². The maximum atomic E-state index is 12.1. The van der Waals surface area contributed by atoms with Crippen LogP contribution in [0.3, 0.4) is 0 Å². The van der Waals surface area contributed by atoms with Crippen molar-refractivity contribution in [3.63, 3.8) is 0 Å². The van der Waals surface area contributed by atoms with Crippen molar-refractivity contribution in [2.24, 2.45) is 5.73 Å². The van der Waals surface area contributed by atoms with Gasteiger partial charge in [-0.1, -0.05) is 53.0 Å². The number of hydrogen-bond acceptors (Lipinski definition) is 3. The van der Waals surface area contributed by atoms with Crippen LogP contribution in [0.15, 0.2) is 42.5 Å². The molecule has 25 heavy (non-hydrogen) atoms. The fourth-order valence-corrected chi connectivity index (χ4v) is 2.73. The van der Waals surface area contributed by atoms with Crippen LogP contribution in [0.2, 0.25) is 15.1 Å². The minimum atomic E-state index is -0.742. The molecule has 2 rings (SSSR count). The van der Waals surface area contributed by atoms with Crippen LogP contribution in [-0.2, 0) is 16.1 Å². The topological polar surface area (TPSA) is 81.4 Å². The number of amides is 2. The molecular weight excluding hydrogens is 387 g/mol. The van der Waals surface area contributed by atoms with Crippen LogP contribution in [0.1, 0.15) is 23.6 Å². The molecule has 1 unspecified atom stereocenters. The highest BCUT2D eigenvalue weighted by molar-refractivity contribution is 6.35. The predicted octanol–water partition coefficient (Wildman–Crippen LogP) is 4.49. The molecule has 0 fully saturated rings. The number of hydrogen-bond donors (Lipinski definition) is 2. The van der Waals surface area contributed by atoms with E-state index >= 15 is 0 Å². The minimum Gasteiger partial charge on any atom is -0.461 e. The zero-order valence-electron chi connectivity index (χ0n) is 13.0. The van der Waals surface area contributed by atoms with E-state index in [1.54, 1.807) is 42.5 Å². The van der Waals surface area contributed by atoms with Gasteiger partial charge >= 0.3 is 12.0 Å². The van der Waals surface area contributed by atoms with Gasteiger partial charge < -0.3 is 15.8 Å². The number of benzene rings is 2. The van der Waals surface area contributed by atoms with Crippen LogP contribution in [0, 0.1) is 0 Å². The van der Waals surface area contributed by atoms with Crippen molar-refractivity contribution in [1.82, 2.24) is 5.32 Å². The summed E-state index contributed by atoms with van der Waals surface area (Å²) < 4.78 is 5.22. The van der Waals surface area contributed by atoms with E-state index in [0.717, 1.165) is 0 Å². The van der Waals surface area contributed by atoms with Crippen molar-refractivity contribution in [3.8, 4) is 0 Å². The first-order valence-corrected chi connectivity index (χ1v) is 8.39. The van der Waals surface area contributed by atoms with Gasteiger partial charge in [0.25, 0.3) is 0 Å². The summed E-state index contributed by atoms with van der Waals surface area (Å²) in [6.45, 7) is -0.00125. The van der Waals surface area contributed by atoms with Gasteiger partial charge in [0, 0.05) is 20.6 Å². The molecule has 0 saturated heterocycles. The lowest BCUT2D eigenvalue weighted by Gasteiger charge is -2.17. The lowest BCUT2D eigenvalue weighted by Crippen LogP contribution is -2.34. The quantitative estimate of drug-likeness (QED) is 0.700. The Bertz CT molecular complexity index is 766. The van der Waals surface area contributed by atoms with E-state index in [2.05, 4.69) is 5.32 Å². The van der Waals surface area contributed by atoms with Gasteiger partial charge in [-0.05, 0) is 29.8 Å². The average Bonchev–Trinajstić information content (AvgIpc) is 2.53. The molecule has 0 aliphatic rings. The van der Waals surface area contributed by atoms with E-state index in [1.165, 1.54) is 0 Å². The number of urea groups is 1. The summed E-state index contributed by atoms with van der Waals surface area (Å²) in [5.41, 5.74) is 6.49. The molecule has 0 saturated carbocycles. The second-order valence-electron chi connectivity index (χ2n) is 5.21. The van der Waals surface area contributed by atoms with Crippen molar-refractivity contribution in [3.05, 3.63) is 68.7 Å². The maximum Gasteiger partial charge on any atom is 0.312 e. The summed E-state index contributed by atoms with van der Waals surface area (Å²) in [5, 5.41) is 3.96. The van der Waals surface area contributed by atoms with Crippen molar-refractivity contribution >= 4 is 46.8 Å². The van der Waals surface area contributed by atoms with Gasteiger partial charge in [0.05, 0.1) is 12.5 Å². The second-order valence-corrected chi connectivity index (χ2v) is 6.49. The Kier molecular flexibility index (Phi) is 6.93. The van der Waals surface area contributed by atoms with E-state index in [0.29, 0.717) is 26.2 Å². The van der Waals surface area contributed by atoms with E-state index in [9.17, 15) is 9.59 Å². The summed E-state index contributed by atoms with van der Waals surface area (Å²) in [5.74, 6) is -0.514. The van der Waals surface area contributed by atoms with Gasteiger partial charge in [-0.25, -0.2) is 4.79 Å². The number of carbonyl (C=O) groups excluding carboxylic acids is 2. The number of rotatable bonds is 6. The summed E-state index contributed by atoms with van der Waals surface area (Å²) in [6.07, 6.45) is -0.0875. The highest BCUT2D eigenvalue weighted by atomic mass is 35.5. The van der Waals surface area contributed by atoms with Gasteiger partial charge in [-0.3, -0.25) is 4.79 Å². The molecule has 2 aromatic rings. The molecular formula is C17H15Cl3N2O3. The van der Waals surface area contributed by atoms with Crippen LogP contribution >= 0.6 is 34.8 Å². The van der Waals surface area contributed by atoms with Crippen LogP contribution in [0.25, 0.3) is 0 Å². The fourth-order valence-electron chi connectivity index (χ4n) is 2.14. The maximum absolute atomic E-state index is 12.1. The van der Waals surface area contributed by atoms with Crippen molar-refractivity contribution in [2.75, 3.05) is 0 Å². The summed E-state index contributed by atoms with van der Waals surface area (Å²) in [7, 11) is 0. The molecule has 2 aromatic carbocycles. The Balaban J connectivity index is 2.01. The van der Waals surface area contributed by atoms with Crippen LogP contribution in [0.5, 0.6) is 0 Å². The molecule has 0 spiro atoms. The molecule has 132 valence electrons. The normalized spacial score (nSPS) is 11.6. The average molecular weight is 402 g/mol. The molecule has 5 nitrogen and oxygen atoms in total. The molecule has 0 heterocycles. The predicted molar refractivity (Wildman–Crippen MR) is 97.8 cm³/mol. The third-order valence-electron chi connectivity index (χ3n) is 3.36. The van der Waals surface area contributed by atoms with E-state index in [1.807, 2.05) is 0 Å². The first-order chi connectivity index (χ1) is 11.8. The number of ether oxygens (including phenoxy) is 1.